The van der Waals surface area contributed by atoms with E-state index in [1.807, 2.05) is 18.2 Å². The van der Waals surface area contributed by atoms with E-state index < -0.39 is 0 Å². The summed E-state index contributed by atoms with van der Waals surface area (Å²) in [5.74, 6) is 0.700. The standard InChI is InChI=1S/C19H23NO/c1-14-7-9-16(10-8-14)19(17-11-12-17)20-18(13-21)15-5-3-2-4-6-15/h2-10,17-21H,11-13H2,1H3/t18-,19?/m0/s1. The third-order valence-electron chi connectivity index (χ3n) is 4.30. The molecular weight excluding hydrogens is 258 g/mol. The summed E-state index contributed by atoms with van der Waals surface area (Å²) in [5, 5.41) is 13.4. The van der Waals surface area contributed by atoms with Crippen molar-refractivity contribution in [2.75, 3.05) is 6.61 Å². The molecule has 2 aromatic rings. The predicted molar refractivity (Wildman–Crippen MR) is 86.0 cm³/mol. The first-order valence-corrected chi connectivity index (χ1v) is 7.76. The number of nitrogens with one attached hydrogen (secondary N) is 1. The van der Waals surface area contributed by atoms with Gasteiger partial charge in [-0.2, -0.15) is 0 Å². The zero-order chi connectivity index (χ0) is 14.7. The fourth-order valence-electron chi connectivity index (χ4n) is 2.86. The molecule has 2 atom stereocenters. The molecule has 3 rings (SSSR count). The molecule has 0 aromatic heterocycles. The third-order valence-corrected chi connectivity index (χ3v) is 4.30. The highest BCUT2D eigenvalue weighted by molar-refractivity contribution is 5.27. The summed E-state index contributed by atoms with van der Waals surface area (Å²) >= 11 is 0. The Balaban J connectivity index is 1.80. The van der Waals surface area contributed by atoms with Crippen LogP contribution in [0.25, 0.3) is 0 Å². The van der Waals surface area contributed by atoms with E-state index in [9.17, 15) is 5.11 Å². The van der Waals surface area contributed by atoms with E-state index in [4.69, 9.17) is 0 Å². The first-order valence-electron chi connectivity index (χ1n) is 7.76. The molecule has 2 nitrogen and oxygen atoms in total. The number of hydrogen-bond acceptors (Lipinski definition) is 2. The second-order valence-electron chi connectivity index (χ2n) is 6.04. The fourth-order valence-corrected chi connectivity index (χ4v) is 2.86. The van der Waals surface area contributed by atoms with Gasteiger partial charge in [-0.15, -0.1) is 0 Å². The van der Waals surface area contributed by atoms with Crippen molar-refractivity contribution in [3.05, 3.63) is 71.3 Å². The second kappa shape index (κ2) is 6.42. The van der Waals surface area contributed by atoms with Gasteiger partial charge in [0.1, 0.15) is 0 Å². The lowest BCUT2D eigenvalue weighted by atomic mass is 9.98. The summed E-state index contributed by atoms with van der Waals surface area (Å²) in [6.45, 7) is 2.24. The Morgan fingerprint density at radius 3 is 2.24 bits per heavy atom. The summed E-state index contributed by atoms with van der Waals surface area (Å²) in [5.41, 5.74) is 3.77. The first kappa shape index (κ1) is 14.3. The molecule has 0 spiro atoms. The van der Waals surface area contributed by atoms with Crippen LogP contribution in [0.4, 0.5) is 0 Å². The molecule has 110 valence electrons. The molecule has 2 N–H and O–H groups in total. The summed E-state index contributed by atoms with van der Waals surface area (Å²) in [7, 11) is 0. The van der Waals surface area contributed by atoms with Crippen molar-refractivity contribution in [1.82, 2.24) is 5.32 Å². The maximum atomic E-state index is 9.76. The maximum absolute atomic E-state index is 9.76. The largest absolute Gasteiger partial charge is 0.394 e. The van der Waals surface area contributed by atoms with E-state index in [0.717, 1.165) is 5.56 Å². The van der Waals surface area contributed by atoms with Gasteiger partial charge in [0.25, 0.3) is 0 Å². The van der Waals surface area contributed by atoms with Gasteiger partial charge in [-0.3, -0.25) is 0 Å². The topological polar surface area (TPSA) is 32.3 Å². The number of aliphatic hydroxyl groups is 1. The Bertz CT molecular complexity index is 560. The van der Waals surface area contributed by atoms with E-state index in [1.165, 1.54) is 24.0 Å². The van der Waals surface area contributed by atoms with Gasteiger partial charge in [0, 0.05) is 6.04 Å². The lowest BCUT2D eigenvalue weighted by Crippen LogP contribution is -2.30. The number of benzene rings is 2. The quantitative estimate of drug-likeness (QED) is 0.845. The van der Waals surface area contributed by atoms with Gasteiger partial charge < -0.3 is 10.4 Å². The van der Waals surface area contributed by atoms with Gasteiger partial charge in [0.05, 0.1) is 12.6 Å². The minimum absolute atomic E-state index is 0.00176. The molecule has 1 saturated carbocycles. The Kier molecular flexibility index (Phi) is 4.37. The first-order chi connectivity index (χ1) is 10.3. The zero-order valence-corrected chi connectivity index (χ0v) is 12.5. The highest BCUT2D eigenvalue weighted by atomic mass is 16.3. The Hall–Kier alpha value is -1.64. The molecule has 0 radical (unpaired) electrons. The predicted octanol–water partition coefficient (Wildman–Crippen LogP) is 3.77. The normalized spacial score (nSPS) is 17.4. The SMILES string of the molecule is Cc1ccc(C(N[C@@H](CO)c2ccccc2)C2CC2)cc1. The van der Waals surface area contributed by atoms with E-state index in [-0.39, 0.29) is 12.6 Å². The molecule has 1 fully saturated rings. The number of aliphatic hydroxyl groups excluding tert-OH is 1. The molecule has 0 heterocycles. The molecule has 1 aliphatic carbocycles. The van der Waals surface area contributed by atoms with Gasteiger partial charge in [0.15, 0.2) is 0 Å². The average Bonchev–Trinajstić information content (AvgIpc) is 3.35. The van der Waals surface area contributed by atoms with Crippen LogP contribution in [-0.4, -0.2) is 11.7 Å². The molecule has 1 aliphatic rings. The summed E-state index contributed by atoms with van der Waals surface area (Å²) in [4.78, 5) is 0. The summed E-state index contributed by atoms with van der Waals surface area (Å²) in [6.07, 6.45) is 2.55. The Labute approximate surface area is 126 Å². The molecule has 0 amide bonds. The average molecular weight is 281 g/mol. The van der Waals surface area contributed by atoms with Gasteiger partial charge in [-0.25, -0.2) is 0 Å². The van der Waals surface area contributed by atoms with Crippen molar-refractivity contribution in [3.63, 3.8) is 0 Å². The zero-order valence-electron chi connectivity index (χ0n) is 12.5. The van der Waals surface area contributed by atoms with Crippen molar-refractivity contribution in [1.29, 1.82) is 0 Å². The van der Waals surface area contributed by atoms with Crippen LogP contribution < -0.4 is 5.32 Å². The fraction of sp³-hybridized carbons (Fsp3) is 0.368. The van der Waals surface area contributed by atoms with Crippen molar-refractivity contribution in [3.8, 4) is 0 Å². The summed E-state index contributed by atoms with van der Waals surface area (Å²) in [6, 6.07) is 19.3. The van der Waals surface area contributed by atoms with Crippen LogP contribution in [0.3, 0.4) is 0 Å². The van der Waals surface area contributed by atoms with Gasteiger partial charge in [-0.05, 0) is 36.8 Å². The van der Waals surface area contributed by atoms with Crippen LogP contribution in [0.1, 0.15) is 41.6 Å². The Morgan fingerprint density at radius 1 is 1.00 bits per heavy atom. The molecule has 0 bridgehead atoms. The lowest BCUT2D eigenvalue weighted by molar-refractivity contribution is 0.228. The minimum Gasteiger partial charge on any atom is -0.394 e. The lowest BCUT2D eigenvalue weighted by Gasteiger charge is -2.25. The van der Waals surface area contributed by atoms with Crippen LogP contribution in [0.15, 0.2) is 54.6 Å². The molecule has 2 aromatic carbocycles. The highest BCUT2D eigenvalue weighted by Crippen LogP contribution is 2.42. The van der Waals surface area contributed by atoms with E-state index in [2.05, 4.69) is 48.6 Å². The second-order valence-corrected chi connectivity index (χ2v) is 6.04. The molecular formula is C19H23NO. The van der Waals surface area contributed by atoms with Gasteiger partial charge in [0.2, 0.25) is 0 Å². The number of rotatable bonds is 6. The third kappa shape index (κ3) is 3.52. The van der Waals surface area contributed by atoms with Crippen LogP contribution >= 0.6 is 0 Å². The van der Waals surface area contributed by atoms with Crippen molar-refractivity contribution >= 4 is 0 Å². The molecule has 21 heavy (non-hydrogen) atoms. The van der Waals surface area contributed by atoms with E-state index >= 15 is 0 Å². The van der Waals surface area contributed by atoms with Crippen LogP contribution in [0.2, 0.25) is 0 Å². The molecule has 2 heteroatoms. The number of hydrogen-bond donors (Lipinski definition) is 2. The van der Waals surface area contributed by atoms with Crippen molar-refractivity contribution in [2.45, 2.75) is 31.8 Å². The van der Waals surface area contributed by atoms with Crippen LogP contribution in [0.5, 0.6) is 0 Å². The van der Waals surface area contributed by atoms with Crippen molar-refractivity contribution < 1.29 is 5.11 Å². The van der Waals surface area contributed by atoms with Crippen LogP contribution in [0, 0.1) is 12.8 Å². The molecule has 0 aliphatic heterocycles. The van der Waals surface area contributed by atoms with E-state index in [1.54, 1.807) is 0 Å². The maximum Gasteiger partial charge on any atom is 0.0626 e. The monoisotopic (exact) mass is 281 g/mol. The molecule has 1 unspecified atom stereocenters. The Morgan fingerprint density at radius 2 is 1.67 bits per heavy atom. The highest BCUT2D eigenvalue weighted by Gasteiger charge is 2.33. The van der Waals surface area contributed by atoms with E-state index in [0.29, 0.717) is 12.0 Å². The summed E-state index contributed by atoms with van der Waals surface area (Å²) < 4.78 is 0. The number of aryl methyl sites for hydroxylation is 1. The van der Waals surface area contributed by atoms with Crippen LogP contribution in [-0.2, 0) is 0 Å². The molecule has 0 saturated heterocycles. The van der Waals surface area contributed by atoms with Gasteiger partial charge in [-0.1, -0.05) is 60.2 Å². The smallest absolute Gasteiger partial charge is 0.0626 e. The van der Waals surface area contributed by atoms with Crippen molar-refractivity contribution in [2.24, 2.45) is 5.92 Å². The van der Waals surface area contributed by atoms with Gasteiger partial charge >= 0.3 is 0 Å². The minimum atomic E-state index is -0.00176.